The lowest BCUT2D eigenvalue weighted by Gasteiger charge is -2.32. The van der Waals surface area contributed by atoms with E-state index >= 15 is 0 Å². The van der Waals surface area contributed by atoms with E-state index in [1.54, 1.807) is 14.2 Å². The largest absolute Gasteiger partial charge is 0.493 e. The van der Waals surface area contributed by atoms with Crippen molar-refractivity contribution in [2.75, 3.05) is 34.4 Å². The third-order valence-corrected chi connectivity index (χ3v) is 4.37. The lowest BCUT2D eigenvalue weighted by Crippen LogP contribution is -2.40. The minimum absolute atomic E-state index is 0.622. The number of ether oxygens (including phenoxy) is 2. The van der Waals surface area contributed by atoms with Crippen LogP contribution in [0.3, 0.4) is 0 Å². The molecular formula is C15H23ClN2O2. The lowest BCUT2D eigenvalue weighted by molar-refractivity contribution is 0.194. The van der Waals surface area contributed by atoms with E-state index in [1.807, 2.05) is 19.2 Å². The van der Waals surface area contributed by atoms with E-state index in [9.17, 15) is 0 Å². The van der Waals surface area contributed by atoms with Crippen molar-refractivity contribution in [2.45, 2.75) is 25.4 Å². The molecule has 0 unspecified atom stereocenters. The number of nitrogens with one attached hydrogen (secondary N) is 1. The Hall–Kier alpha value is -0.970. The zero-order valence-electron chi connectivity index (χ0n) is 12.4. The van der Waals surface area contributed by atoms with Gasteiger partial charge in [0.05, 0.1) is 19.2 Å². The molecule has 0 saturated carbocycles. The summed E-state index contributed by atoms with van der Waals surface area (Å²) < 4.78 is 10.6. The second-order valence-corrected chi connectivity index (χ2v) is 5.49. The fourth-order valence-electron chi connectivity index (χ4n) is 2.67. The second-order valence-electron chi connectivity index (χ2n) is 5.11. The maximum absolute atomic E-state index is 6.42. The Morgan fingerprint density at radius 1 is 1.25 bits per heavy atom. The average Bonchev–Trinajstić information content (AvgIpc) is 2.49. The van der Waals surface area contributed by atoms with E-state index in [4.69, 9.17) is 21.1 Å². The van der Waals surface area contributed by atoms with Gasteiger partial charge in [0.1, 0.15) is 0 Å². The Bertz CT molecular complexity index is 446. The normalized spacial score (nSPS) is 17.2. The summed E-state index contributed by atoms with van der Waals surface area (Å²) in [5.41, 5.74) is 1.09. The molecule has 1 N–H and O–H groups in total. The van der Waals surface area contributed by atoms with E-state index in [0.717, 1.165) is 25.2 Å². The molecule has 1 aliphatic rings. The summed E-state index contributed by atoms with van der Waals surface area (Å²) in [6, 6.07) is 4.58. The van der Waals surface area contributed by atoms with Crippen LogP contribution in [-0.2, 0) is 6.54 Å². The first-order valence-corrected chi connectivity index (χ1v) is 7.36. The molecule has 0 atom stereocenters. The second kappa shape index (κ2) is 7.16. The summed E-state index contributed by atoms with van der Waals surface area (Å²) >= 11 is 6.42. The molecule has 0 spiro atoms. The number of piperidine rings is 1. The summed E-state index contributed by atoms with van der Waals surface area (Å²) in [6.07, 6.45) is 2.36. The van der Waals surface area contributed by atoms with E-state index in [2.05, 4.69) is 10.2 Å². The third-order valence-electron chi connectivity index (χ3n) is 3.95. The van der Waals surface area contributed by atoms with Crippen molar-refractivity contribution in [3.63, 3.8) is 0 Å². The van der Waals surface area contributed by atoms with Crippen molar-refractivity contribution in [3.05, 3.63) is 22.7 Å². The van der Waals surface area contributed by atoms with E-state index in [0.29, 0.717) is 22.6 Å². The predicted octanol–water partition coefficient (Wildman–Crippen LogP) is 2.54. The number of hydrogen-bond donors (Lipinski definition) is 1. The van der Waals surface area contributed by atoms with Crippen molar-refractivity contribution in [1.82, 2.24) is 10.2 Å². The Kier molecular flexibility index (Phi) is 5.52. The number of benzene rings is 1. The molecule has 1 aromatic rings. The van der Waals surface area contributed by atoms with Crippen LogP contribution in [0.15, 0.2) is 12.1 Å². The summed E-state index contributed by atoms with van der Waals surface area (Å²) in [4.78, 5) is 2.43. The molecule has 1 aromatic carbocycles. The Morgan fingerprint density at radius 2 is 1.95 bits per heavy atom. The van der Waals surface area contributed by atoms with Gasteiger partial charge in [-0.2, -0.15) is 0 Å². The van der Waals surface area contributed by atoms with Crippen molar-refractivity contribution in [2.24, 2.45) is 0 Å². The minimum atomic E-state index is 0.622. The summed E-state index contributed by atoms with van der Waals surface area (Å²) in [7, 11) is 5.27. The van der Waals surface area contributed by atoms with Gasteiger partial charge in [-0.1, -0.05) is 17.7 Å². The van der Waals surface area contributed by atoms with E-state index in [-0.39, 0.29) is 0 Å². The number of methoxy groups -OCH3 is 2. The summed E-state index contributed by atoms with van der Waals surface area (Å²) in [5, 5.41) is 4.00. The standard InChI is InChI=1S/C15H23ClN2O2/c1-17-12-6-8-18(9-7-12)10-11-4-5-13(19-2)15(20-3)14(11)16/h4-5,12,17H,6-10H2,1-3H3. The molecule has 0 bridgehead atoms. The highest BCUT2D eigenvalue weighted by atomic mass is 35.5. The Morgan fingerprint density at radius 3 is 2.50 bits per heavy atom. The topological polar surface area (TPSA) is 33.7 Å². The molecule has 0 amide bonds. The summed E-state index contributed by atoms with van der Waals surface area (Å²) in [5.74, 6) is 1.30. The molecule has 0 aromatic heterocycles. The average molecular weight is 299 g/mol. The van der Waals surface area contributed by atoms with Gasteiger partial charge in [-0.15, -0.1) is 0 Å². The lowest BCUT2D eigenvalue weighted by atomic mass is 10.0. The molecule has 1 aliphatic heterocycles. The van der Waals surface area contributed by atoms with Gasteiger partial charge in [0.15, 0.2) is 11.5 Å². The van der Waals surface area contributed by atoms with Crippen LogP contribution in [0.25, 0.3) is 0 Å². The van der Waals surface area contributed by atoms with Crippen LogP contribution < -0.4 is 14.8 Å². The maximum atomic E-state index is 6.42. The number of likely N-dealkylation sites (tertiary alicyclic amines) is 1. The van der Waals surface area contributed by atoms with Gasteiger partial charge in [0, 0.05) is 12.6 Å². The highest BCUT2D eigenvalue weighted by molar-refractivity contribution is 6.33. The zero-order valence-corrected chi connectivity index (χ0v) is 13.2. The van der Waals surface area contributed by atoms with Crippen molar-refractivity contribution >= 4 is 11.6 Å². The molecular weight excluding hydrogens is 276 g/mol. The van der Waals surface area contributed by atoms with Crippen LogP contribution in [0.2, 0.25) is 5.02 Å². The fraction of sp³-hybridized carbons (Fsp3) is 0.600. The molecule has 20 heavy (non-hydrogen) atoms. The Balaban J connectivity index is 2.07. The quantitative estimate of drug-likeness (QED) is 0.906. The molecule has 1 saturated heterocycles. The first-order valence-electron chi connectivity index (χ1n) is 6.98. The predicted molar refractivity (Wildman–Crippen MR) is 81.9 cm³/mol. The van der Waals surface area contributed by atoms with Crippen molar-refractivity contribution in [1.29, 1.82) is 0 Å². The van der Waals surface area contributed by atoms with Crippen LogP contribution in [0.4, 0.5) is 0 Å². The first-order chi connectivity index (χ1) is 9.69. The smallest absolute Gasteiger partial charge is 0.179 e. The van der Waals surface area contributed by atoms with Crippen LogP contribution in [0, 0.1) is 0 Å². The van der Waals surface area contributed by atoms with Gasteiger partial charge in [-0.25, -0.2) is 0 Å². The zero-order chi connectivity index (χ0) is 14.5. The van der Waals surface area contributed by atoms with Crippen molar-refractivity contribution < 1.29 is 9.47 Å². The Labute approximate surface area is 126 Å². The third kappa shape index (κ3) is 3.37. The minimum Gasteiger partial charge on any atom is -0.493 e. The van der Waals surface area contributed by atoms with Gasteiger partial charge >= 0.3 is 0 Å². The molecule has 1 fully saturated rings. The number of rotatable bonds is 5. The van der Waals surface area contributed by atoms with Crippen LogP contribution in [-0.4, -0.2) is 45.3 Å². The summed E-state index contributed by atoms with van der Waals surface area (Å²) in [6.45, 7) is 3.04. The van der Waals surface area contributed by atoms with Crippen LogP contribution >= 0.6 is 11.6 Å². The molecule has 2 rings (SSSR count). The number of halogens is 1. The highest BCUT2D eigenvalue weighted by Crippen LogP contribution is 2.37. The maximum Gasteiger partial charge on any atom is 0.179 e. The van der Waals surface area contributed by atoms with Gasteiger partial charge in [0.2, 0.25) is 0 Å². The van der Waals surface area contributed by atoms with Gasteiger partial charge in [0.25, 0.3) is 0 Å². The molecule has 112 valence electrons. The fourth-order valence-corrected chi connectivity index (χ4v) is 2.97. The number of hydrogen-bond acceptors (Lipinski definition) is 4. The van der Waals surface area contributed by atoms with Crippen LogP contribution in [0.5, 0.6) is 11.5 Å². The van der Waals surface area contributed by atoms with Gasteiger partial charge in [-0.3, -0.25) is 4.90 Å². The monoisotopic (exact) mass is 298 g/mol. The molecule has 1 heterocycles. The molecule has 0 aliphatic carbocycles. The SMILES string of the molecule is CNC1CCN(Cc2ccc(OC)c(OC)c2Cl)CC1. The van der Waals surface area contributed by atoms with Crippen molar-refractivity contribution in [3.8, 4) is 11.5 Å². The van der Waals surface area contributed by atoms with E-state index in [1.165, 1.54) is 12.8 Å². The molecule has 4 nitrogen and oxygen atoms in total. The van der Waals surface area contributed by atoms with Gasteiger partial charge in [-0.05, 0) is 44.6 Å². The molecule has 0 radical (unpaired) electrons. The number of nitrogens with zero attached hydrogens (tertiary/aromatic N) is 1. The van der Waals surface area contributed by atoms with E-state index < -0.39 is 0 Å². The first kappa shape index (κ1) is 15.4. The highest BCUT2D eigenvalue weighted by Gasteiger charge is 2.20. The van der Waals surface area contributed by atoms with Gasteiger partial charge < -0.3 is 14.8 Å². The molecule has 5 heteroatoms. The van der Waals surface area contributed by atoms with Crippen LogP contribution in [0.1, 0.15) is 18.4 Å².